The number of rotatable bonds is 5. The minimum absolute atomic E-state index is 0.0378. The van der Waals surface area contributed by atoms with Crippen LogP contribution in [0.15, 0.2) is 30.3 Å². The van der Waals surface area contributed by atoms with Gasteiger partial charge in [0.2, 0.25) is 5.91 Å². The number of anilines is 1. The standard InChI is InChI=1S/C18H26N4O/c1-13-7-9-14(10-8-13)22-16(20-17(23)6-5-11-19)12-15(21-22)18(2,3)4/h7-10,12H,5-6,11,19H2,1-4H3,(H,20,23). The Bertz CT molecular complexity index is 665. The third-order valence-electron chi connectivity index (χ3n) is 3.63. The predicted molar refractivity (Wildman–Crippen MR) is 93.9 cm³/mol. The first-order chi connectivity index (χ1) is 10.8. The van der Waals surface area contributed by atoms with Gasteiger partial charge in [-0.2, -0.15) is 5.10 Å². The summed E-state index contributed by atoms with van der Waals surface area (Å²) in [6, 6.07) is 10.0. The van der Waals surface area contributed by atoms with Gasteiger partial charge >= 0.3 is 0 Å². The first-order valence-electron chi connectivity index (χ1n) is 7.99. The molecule has 0 fully saturated rings. The van der Waals surface area contributed by atoms with Crippen LogP contribution in [0, 0.1) is 6.92 Å². The Morgan fingerprint density at radius 3 is 2.48 bits per heavy atom. The Morgan fingerprint density at radius 1 is 1.26 bits per heavy atom. The van der Waals surface area contributed by atoms with Crippen LogP contribution in [0.5, 0.6) is 0 Å². The van der Waals surface area contributed by atoms with Crippen molar-refractivity contribution in [1.29, 1.82) is 0 Å². The molecular weight excluding hydrogens is 288 g/mol. The number of amides is 1. The van der Waals surface area contributed by atoms with E-state index in [-0.39, 0.29) is 11.3 Å². The molecule has 0 radical (unpaired) electrons. The van der Waals surface area contributed by atoms with Gasteiger partial charge in [-0.05, 0) is 32.0 Å². The lowest BCUT2D eigenvalue weighted by Crippen LogP contribution is -2.16. The number of nitrogens with zero attached hydrogens (tertiary/aromatic N) is 2. The highest BCUT2D eigenvalue weighted by atomic mass is 16.1. The van der Waals surface area contributed by atoms with Gasteiger partial charge in [-0.25, -0.2) is 4.68 Å². The number of nitrogens with two attached hydrogens (primary N) is 1. The number of benzene rings is 1. The van der Waals surface area contributed by atoms with Crippen LogP contribution in [-0.4, -0.2) is 22.2 Å². The van der Waals surface area contributed by atoms with Crippen molar-refractivity contribution in [1.82, 2.24) is 9.78 Å². The predicted octanol–water partition coefficient (Wildman–Crippen LogP) is 3.16. The second-order valence-electron chi connectivity index (χ2n) is 6.85. The molecule has 23 heavy (non-hydrogen) atoms. The number of hydrogen-bond donors (Lipinski definition) is 2. The molecule has 0 aliphatic heterocycles. The molecule has 124 valence electrons. The molecule has 2 rings (SSSR count). The largest absolute Gasteiger partial charge is 0.330 e. The Kier molecular flexibility index (Phi) is 5.21. The minimum atomic E-state index is -0.0906. The molecule has 1 aromatic carbocycles. The zero-order valence-corrected chi connectivity index (χ0v) is 14.4. The van der Waals surface area contributed by atoms with Gasteiger partial charge in [0.1, 0.15) is 5.82 Å². The molecule has 3 N–H and O–H groups in total. The fraction of sp³-hybridized carbons (Fsp3) is 0.444. The zero-order chi connectivity index (χ0) is 17.0. The summed E-state index contributed by atoms with van der Waals surface area (Å²) in [6.07, 6.45) is 1.09. The van der Waals surface area contributed by atoms with Crippen LogP contribution in [0.1, 0.15) is 44.9 Å². The average Bonchev–Trinajstić information content (AvgIpc) is 2.90. The smallest absolute Gasteiger partial charge is 0.225 e. The summed E-state index contributed by atoms with van der Waals surface area (Å²) in [4.78, 5) is 12.1. The summed E-state index contributed by atoms with van der Waals surface area (Å²) in [7, 11) is 0. The van der Waals surface area contributed by atoms with Gasteiger partial charge in [0.25, 0.3) is 0 Å². The van der Waals surface area contributed by atoms with Crippen LogP contribution in [0.2, 0.25) is 0 Å². The summed E-state index contributed by atoms with van der Waals surface area (Å²) in [6.45, 7) is 8.87. The third kappa shape index (κ3) is 4.42. The molecule has 1 amide bonds. The van der Waals surface area contributed by atoms with Crippen LogP contribution in [-0.2, 0) is 10.2 Å². The topological polar surface area (TPSA) is 72.9 Å². The lowest BCUT2D eigenvalue weighted by Gasteiger charge is -2.14. The van der Waals surface area contributed by atoms with E-state index in [9.17, 15) is 4.79 Å². The molecule has 1 heterocycles. The van der Waals surface area contributed by atoms with Gasteiger partial charge in [-0.3, -0.25) is 4.79 Å². The molecule has 5 nitrogen and oxygen atoms in total. The van der Waals surface area contributed by atoms with E-state index in [0.29, 0.717) is 25.2 Å². The first-order valence-corrected chi connectivity index (χ1v) is 7.99. The Labute approximate surface area is 137 Å². The number of carbonyl (C=O) groups is 1. The third-order valence-corrected chi connectivity index (χ3v) is 3.63. The number of carbonyl (C=O) groups excluding carboxylic acids is 1. The van der Waals surface area contributed by atoms with Crippen LogP contribution < -0.4 is 11.1 Å². The molecule has 0 atom stereocenters. The van der Waals surface area contributed by atoms with Gasteiger partial charge in [0, 0.05) is 17.9 Å². The van der Waals surface area contributed by atoms with Crippen molar-refractivity contribution in [3.63, 3.8) is 0 Å². The van der Waals surface area contributed by atoms with Gasteiger partial charge in [-0.1, -0.05) is 38.5 Å². The van der Waals surface area contributed by atoms with Crippen molar-refractivity contribution in [3.05, 3.63) is 41.6 Å². The Balaban J connectivity index is 2.36. The summed E-state index contributed by atoms with van der Waals surface area (Å²) in [5, 5.41) is 7.65. The van der Waals surface area contributed by atoms with Gasteiger partial charge in [0.05, 0.1) is 11.4 Å². The Morgan fingerprint density at radius 2 is 1.91 bits per heavy atom. The molecule has 1 aromatic heterocycles. The van der Waals surface area contributed by atoms with E-state index in [1.54, 1.807) is 4.68 Å². The summed E-state index contributed by atoms with van der Waals surface area (Å²) >= 11 is 0. The Hall–Kier alpha value is -2.14. The van der Waals surface area contributed by atoms with Crippen molar-refractivity contribution in [2.24, 2.45) is 5.73 Å². The normalized spacial score (nSPS) is 11.5. The van der Waals surface area contributed by atoms with Gasteiger partial charge in [-0.15, -0.1) is 0 Å². The molecule has 0 spiro atoms. The molecule has 0 aliphatic rings. The monoisotopic (exact) mass is 314 g/mol. The molecule has 0 saturated heterocycles. The maximum atomic E-state index is 12.1. The molecule has 0 bridgehead atoms. The quantitative estimate of drug-likeness (QED) is 0.890. The first kappa shape index (κ1) is 17.2. The van der Waals surface area contributed by atoms with E-state index < -0.39 is 0 Å². The minimum Gasteiger partial charge on any atom is -0.330 e. The average molecular weight is 314 g/mol. The highest BCUT2D eigenvalue weighted by Crippen LogP contribution is 2.26. The molecular formula is C18H26N4O. The van der Waals surface area contributed by atoms with Crippen LogP contribution >= 0.6 is 0 Å². The number of hydrogen-bond acceptors (Lipinski definition) is 3. The fourth-order valence-corrected chi connectivity index (χ4v) is 2.19. The van der Waals surface area contributed by atoms with Crippen molar-refractivity contribution >= 4 is 11.7 Å². The molecule has 0 saturated carbocycles. The van der Waals surface area contributed by atoms with E-state index in [0.717, 1.165) is 11.4 Å². The maximum absolute atomic E-state index is 12.1. The SMILES string of the molecule is Cc1ccc(-n2nc(C(C)(C)C)cc2NC(=O)CCCN)cc1. The van der Waals surface area contributed by atoms with Crippen LogP contribution in [0.3, 0.4) is 0 Å². The van der Waals surface area contributed by atoms with E-state index in [1.807, 2.05) is 37.3 Å². The van der Waals surface area contributed by atoms with E-state index in [1.165, 1.54) is 5.56 Å². The molecule has 5 heteroatoms. The summed E-state index contributed by atoms with van der Waals surface area (Å²) < 4.78 is 1.79. The van der Waals surface area contributed by atoms with Gasteiger partial charge in [0.15, 0.2) is 0 Å². The lowest BCUT2D eigenvalue weighted by atomic mass is 9.92. The zero-order valence-electron chi connectivity index (χ0n) is 14.4. The number of aryl methyl sites for hydroxylation is 1. The van der Waals surface area contributed by atoms with E-state index >= 15 is 0 Å². The molecule has 0 aliphatic carbocycles. The fourth-order valence-electron chi connectivity index (χ4n) is 2.19. The van der Waals surface area contributed by atoms with Gasteiger partial charge < -0.3 is 11.1 Å². The maximum Gasteiger partial charge on any atom is 0.225 e. The molecule has 0 unspecified atom stereocenters. The summed E-state index contributed by atoms with van der Waals surface area (Å²) in [5.74, 6) is 0.657. The highest BCUT2D eigenvalue weighted by molar-refractivity contribution is 5.90. The second-order valence-corrected chi connectivity index (χ2v) is 6.85. The van der Waals surface area contributed by atoms with Crippen molar-refractivity contribution in [2.45, 2.75) is 46.0 Å². The van der Waals surface area contributed by atoms with Crippen molar-refractivity contribution < 1.29 is 4.79 Å². The van der Waals surface area contributed by atoms with Crippen LogP contribution in [0.25, 0.3) is 5.69 Å². The summed E-state index contributed by atoms with van der Waals surface area (Å²) in [5.41, 5.74) is 8.43. The van der Waals surface area contributed by atoms with Crippen molar-refractivity contribution in [2.75, 3.05) is 11.9 Å². The second kappa shape index (κ2) is 6.96. The number of nitrogens with one attached hydrogen (secondary N) is 1. The molecule has 2 aromatic rings. The van der Waals surface area contributed by atoms with Crippen molar-refractivity contribution in [3.8, 4) is 5.69 Å². The number of aromatic nitrogens is 2. The highest BCUT2D eigenvalue weighted by Gasteiger charge is 2.21. The lowest BCUT2D eigenvalue weighted by molar-refractivity contribution is -0.116. The van der Waals surface area contributed by atoms with E-state index in [2.05, 4.69) is 26.1 Å². The van der Waals surface area contributed by atoms with E-state index in [4.69, 9.17) is 10.8 Å². The van der Waals surface area contributed by atoms with Crippen LogP contribution in [0.4, 0.5) is 5.82 Å².